The van der Waals surface area contributed by atoms with Gasteiger partial charge in [0, 0.05) is 25.4 Å². The molecule has 1 aliphatic rings. The lowest BCUT2D eigenvalue weighted by atomic mass is 9.93. The van der Waals surface area contributed by atoms with Crippen LogP contribution in [0.5, 0.6) is 0 Å². The van der Waals surface area contributed by atoms with Gasteiger partial charge in [-0.3, -0.25) is 13.9 Å². The van der Waals surface area contributed by atoms with E-state index < -0.39 is 21.8 Å². The first-order valence-electron chi connectivity index (χ1n) is 10.6. The maximum absolute atomic E-state index is 12.3. The summed E-state index contributed by atoms with van der Waals surface area (Å²) in [7, 11) is -3.43. The maximum atomic E-state index is 12.3. The van der Waals surface area contributed by atoms with Gasteiger partial charge in [0.15, 0.2) is 0 Å². The number of fused-ring (bicyclic) bond motifs is 1. The zero-order chi connectivity index (χ0) is 23.1. The second kappa shape index (κ2) is 10.6. The molecule has 0 saturated heterocycles. The van der Waals surface area contributed by atoms with Crippen LogP contribution in [0.25, 0.3) is 0 Å². The van der Waals surface area contributed by atoms with Crippen LogP contribution in [0.15, 0.2) is 48.5 Å². The van der Waals surface area contributed by atoms with E-state index in [1.165, 1.54) is 4.31 Å². The number of nitrogens with zero attached hydrogens (tertiary/aromatic N) is 1. The summed E-state index contributed by atoms with van der Waals surface area (Å²) in [6.45, 7) is 0.717. The SMILES string of the molecule is CS(=O)(=O)N1CCCc2ccc(NC(=O)C(=O)NCCC(CCO)c3ccccc3)cc21. The molecular formula is C23H29N3O5S. The van der Waals surface area contributed by atoms with Crippen molar-refractivity contribution < 1.29 is 23.1 Å². The molecule has 3 N–H and O–H groups in total. The molecule has 0 radical (unpaired) electrons. The number of nitrogens with one attached hydrogen (secondary N) is 2. The molecule has 0 aromatic heterocycles. The molecule has 1 heterocycles. The van der Waals surface area contributed by atoms with Crippen LogP contribution in [0.4, 0.5) is 11.4 Å². The second-order valence-corrected chi connectivity index (χ2v) is 9.81. The van der Waals surface area contributed by atoms with Crippen molar-refractivity contribution in [1.82, 2.24) is 5.32 Å². The summed E-state index contributed by atoms with van der Waals surface area (Å²) < 4.78 is 25.5. The molecule has 0 aliphatic carbocycles. The number of hydrogen-bond donors (Lipinski definition) is 3. The number of rotatable bonds is 8. The van der Waals surface area contributed by atoms with Crippen LogP contribution in [-0.2, 0) is 26.0 Å². The molecule has 8 nitrogen and oxygen atoms in total. The van der Waals surface area contributed by atoms with Crippen molar-refractivity contribution in [3.8, 4) is 0 Å². The van der Waals surface area contributed by atoms with Crippen molar-refractivity contribution in [2.75, 3.05) is 35.6 Å². The van der Waals surface area contributed by atoms with E-state index >= 15 is 0 Å². The topological polar surface area (TPSA) is 116 Å². The van der Waals surface area contributed by atoms with Crippen LogP contribution in [0.1, 0.15) is 36.3 Å². The summed E-state index contributed by atoms with van der Waals surface area (Å²) >= 11 is 0. The third-order valence-corrected chi connectivity index (χ3v) is 6.73. The van der Waals surface area contributed by atoms with Gasteiger partial charge in [0.2, 0.25) is 10.0 Å². The summed E-state index contributed by atoms with van der Waals surface area (Å²) in [6.07, 6.45) is 3.80. The van der Waals surface area contributed by atoms with E-state index in [0.717, 1.165) is 30.2 Å². The Bertz CT molecular complexity index is 1060. The molecule has 32 heavy (non-hydrogen) atoms. The van der Waals surface area contributed by atoms with Crippen molar-refractivity contribution >= 4 is 33.2 Å². The number of aliphatic hydroxyl groups is 1. The molecule has 1 aliphatic heterocycles. The highest BCUT2D eigenvalue weighted by molar-refractivity contribution is 7.92. The minimum atomic E-state index is -3.43. The maximum Gasteiger partial charge on any atom is 0.313 e. The smallest absolute Gasteiger partial charge is 0.313 e. The minimum absolute atomic E-state index is 0.0385. The zero-order valence-electron chi connectivity index (χ0n) is 18.1. The van der Waals surface area contributed by atoms with E-state index in [-0.39, 0.29) is 19.1 Å². The van der Waals surface area contributed by atoms with Crippen molar-refractivity contribution in [1.29, 1.82) is 0 Å². The molecule has 0 spiro atoms. The van der Waals surface area contributed by atoms with Gasteiger partial charge in [-0.05, 0) is 54.9 Å². The van der Waals surface area contributed by atoms with E-state index in [1.54, 1.807) is 18.2 Å². The quantitative estimate of drug-likeness (QED) is 0.522. The number of amides is 2. The Morgan fingerprint density at radius 3 is 2.53 bits per heavy atom. The first kappa shape index (κ1) is 23.7. The first-order valence-corrected chi connectivity index (χ1v) is 12.5. The number of benzene rings is 2. The minimum Gasteiger partial charge on any atom is -0.396 e. The molecule has 2 aromatic carbocycles. The van der Waals surface area contributed by atoms with Gasteiger partial charge >= 0.3 is 11.8 Å². The van der Waals surface area contributed by atoms with E-state index in [4.69, 9.17) is 0 Å². The highest BCUT2D eigenvalue weighted by Gasteiger charge is 2.25. The Balaban J connectivity index is 1.58. The van der Waals surface area contributed by atoms with Gasteiger partial charge in [-0.25, -0.2) is 8.42 Å². The second-order valence-electron chi connectivity index (χ2n) is 7.90. The molecule has 0 saturated carbocycles. The predicted molar refractivity (Wildman–Crippen MR) is 124 cm³/mol. The Labute approximate surface area is 188 Å². The Kier molecular flexibility index (Phi) is 7.87. The average Bonchev–Trinajstić information content (AvgIpc) is 2.77. The summed E-state index contributed by atoms with van der Waals surface area (Å²) in [6, 6.07) is 14.8. The molecular weight excluding hydrogens is 430 g/mol. The standard InChI is InChI=1S/C23H29N3O5S/c1-32(30,31)26-14-5-8-19-9-10-20(16-21(19)26)25-23(29)22(28)24-13-11-18(12-15-27)17-6-3-2-4-7-17/h2-4,6-7,9-10,16,18,27H,5,8,11-15H2,1H3,(H,24,28)(H,25,29). The summed E-state index contributed by atoms with van der Waals surface area (Å²) in [4.78, 5) is 24.6. The monoisotopic (exact) mass is 459 g/mol. The molecule has 3 rings (SSSR count). The number of anilines is 2. The van der Waals surface area contributed by atoms with Crippen LogP contribution in [-0.4, -0.2) is 51.3 Å². The fourth-order valence-electron chi connectivity index (χ4n) is 3.95. The lowest BCUT2D eigenvalue weighted by Crippen LogP contribution is -2.37. The predicted octanol–water partition coefficient (Wildman–Crippen LogP) is 2.01. The summed E-state index contributed by atoms with van der Waals surface area (Å²) in [5.74, 6) is -1.50. The number of hydrogen-bond acceptors (Lipinski definition) is 5. The number of aliphatic hydroxyl groups excluding tert-OH is 1. The fraction of sp³-hybridized carbons (Fsp3) is 0.391. The largest absolute Gasteiger partial charge is 0.396 e. The lowest BCUT2D eigenvalue weighted by Gasteiger charge is -2.29. The fourth-order valence-corrected chi connectivity index (χ4v) is 4.94. The van der Waals surface area contributed by atoms with E-state index in [2.05, 4.69) is 10.6 Å². The number of sulfonamides is 1. The highest BCUT2D eigenvalue weighted by Crippen LogP contribution is 2.31. The Hall–Kier alpha value is -2.91. The number of carbonyl (C=O) groups is 2. The summed E-state index contributed by atoms with van der Waals surface area (Å²) in [5.41, 5.74) is 2.86. The zero-order valence-corrected chi connectivity index (χ0v) is 18.9. The van der Waals surface area contributed by atoms with E-state index in [0.29, 0.717) is 30.8 Å². The lowest BCUT2D eigenvalue weighted by molar-refractivity contribution is -0.136. The highest BCUT2D eigenvalue weighted by atomic mass is 32.2. The Morgan fingerprint density at radius 2 is 1.84 bits per heavy atom. The van der Waals surface area contributed by atoms with Crippen molar-refractivity contribution in [2.24, 2.45) is 0 Å². The van der Waals surface area contributed by atoms with Crippen LogP contribution < -0.4 is 14.9 Å². The normalized spacial score (nSPS) is 14.4. The van der Waals surface area contributed by atoms with Gasteiger partial charge in [0.05, 0.1) is 11.9 Å². The molecule has 2 aromatic rings. The average molecular weight is 460 g/mol. The summed E-state index contributed by atoms with van der Waals surface area (Å²) in [5, 5.41) is 14.5. The van der Waals surface area contributed by atoms with Gasteiger partial charge in [-0.1, -0.05) is 36.4 Å². The first-order chi connectivity index (χ1) is 15.3. The molecule has 0 bridgehead atoms. The van der Waals surface area contributed by atoms with Crippen molar-refractivity contribution in [2.45, 2.75) is 31.6 Å². The molecule has 9 heteroatoms. The number of carbonyl (C=O) groups excluding carboxylic acids is 2. The van der Waals surface area contributed by atoms with Gasteiger partial charge in [-0.15, -0.1) is 0 Å². The van der Waals surface area contributed by atoms with Crippen molar-refractivity contribution in [3.63, 3.8) is 0 Å². The molecule has 172 valence electrons. The van der Waals surface area contributed by atoms with Gasteiger partial charge in [0.25, 0.3) is 0 Å². The van der Waals surface area contributed by atoms with Gasteiger partial charge in [-0.2, -0.15) is 0 Å². The van der Waals surface area contributed by atoms with E-state index in [1.807, 2.05) is 30.3 Å². The number of aryl methyl sites for hydroxylation is 1. The molecule has 1 unspecified atom stereocenters. The van der Waals surface area contributed by atoms with Crippen LogP contribution in [0.3, 0.4) is 0 Å². The third-order valence-electron chi connectivity index (χ3n) is 5.55. The molecule has 2 amide bonds. The molecule has 0 fully saturated rings. The van der Waals surface area contributed by atoms with Crippen LogP contribution in [0.2, 0.25) is 0 Å². The van der Waals surface area contributed by atoms with Gasteiger partial charge in [0.1, 0.15) is 0 Å². The van der Waals surface area contributed by atoms with Gasteiger partial charge < -0.3 is 15.7 Å². The van der Waals surface area contributed by atoms with E-state index in [9.17, 15) is 23.1 Å². The van der Waals surface area contributed by atoms with Crippen molar-refractivity contribution in [3.05, 3.63) is 59.7 Å². The van der Waals surface area contributed by atoms with Crippen LogP contribution >= 0.6 is 0 Å². The Morgan fingerprint density at radius 1 is 1.09 bits per heavy atom. The van der Waals surface area contributed by atoms with Crippen LogP contribution in [0, 0.1) is 0 Å². The third kappa shape index (κ3) is 6.08. The molecule has 1 atom stereocenters.